The minimum atomic E-state index is -1.16. The molecule has 0 aliphatic heterocycles. The van der Waals surface area contributed by atoms with E-state index in [0.29, 0.717) is 12.5 Å². The number of rotatable bonds is 8. The van der Waals surface area contributed by atoms with Crippen molar-refractivity contribution < 1.29 is 24.2 Å². The Morgan fingerprint density at radius 2 is 1.94 bits per heavy atom. The summed E-state index contributed by atoms with van der Waals surface area (Å²) in [6, 6.07) is 0. The van der Waals surface area contributed by atoms with Gasteiger partial charge in [-0.3, -0.25) is 9.59 Å². The van der Waals surface area contributed by atoms with Gasteiger partial charge in [-0.15, -0.1) is 0 Å². The molecule has 0 saturated heterocycles. The molecule has 5 nitrogen and oxygen atoms in total. The van der Waals surface area contributed by atoms with Crippen LogP contribution in [0.4, 0.5) is 0 Å². The zero-order chi connectivity index (χ0) is 12.6. The SMILES string of the molecule is CCOC(=O)C(CCOCC(C)C)C(=O)O. The summed E-state index contributed by atoms with van der Waals surface area (Å²) in [5.74, 6) is -2.58. The smallest absolute Gasteiger partial charge is 0.320 e. The van der Waals surface area contributed by atoms with E-state index in [1.807, 2.05) is 13.8 Å². The summed E-state index contributed by atoms with van der Waals surface area (Å²) in [5, 5.41) is 8.82. The lowest BCUT2D eigenvalue weighted by molar-refractivity contribution is -0.159. The molecule has 0 saturated carbocycles. The summed E-state index contributed by atoms with van der Waals surface area (Å²) in [5.41, 5.74) is 0. The molecule has 0 bridgehead atoms. The summed E-state index contributed by atoms with van der Waals surface area (Å²) < 4.78 is 9.90. The highest BCUT2D eigenvalue weighted by Crippen LogP contribution is 2.07. The van der Waals surface area contributed by atoms with Crippen LogP contribution in [-0.2, 0) is 19.1 Å². The van der Waals surface area contributed by atoms with Crippen LogP contribution in [0.2, 0.25) is 0 Å². The summed E-state index contributed by atoms with van der Waals surface area (Å²) >= 11 is 0. The van der Waals surface area contributed by atoms with Gasteiger partial charge in [-0.1, -0.05) is 13.8 Å². The minimum Gasteiger partial charge on any atom is -0.481 e. The summed E-state index contributed by atoms with van der Waals surface area (Å²) in [4.78, 5) is 22.0. The number of carboxylic acid groups (broad SMARTS) is 1. The maximum absolute atomic E-state index is 11.3. The van der Waals surface area contributed by atoms with Gasteiger partial charge in [-0.05, 0) is 19.3 Å². The van der Waals surface area contributed by atoms with Crippen molar-refractivity contribution in [1.82, 2.24) is 0 Å². The maximum Gasteiger partial charge on any atom is 0.320 e. The molecule has 1 atom stereocenters. The number of carbonyl (C=O) groups is 2. The van der Waals surface area contributed by atoms with E-state index < -0.39 is 17.9 Å². The first kappa shape index (κ1) is 14.9. The van der Waals surface area contributed by atoms with Crippen LogP contribution < -0.4 is 0 Å². The monoisotopic (exact) mass is 232 g/mol. The fraction of sp³-hybridized carbons (Fsp3) is 0.818. The molecule has 0 aromatic carbocycles. The zero-order valence-electron chi connectivity index (χ0n) is 10.1. The molecule has 0 aromatic heterocycles. The zero-order valence-corrected chi connectivity index (χ0v) is 10.1. The van der Waals surface area contributed by atoms with E-state index in [-0.39, 0.29) is 19.6 Å². The minimum absolute atomic E-state index is 0.154. The Bertz CT molecular complexity index is 224. The topological polar surface area (TPSA) is 72.8 Å². The first-order valence-electron chi connectivity index (χ1n) is 5.46. The average molecular weight is 232 g/mol. The fourth-order valence-corrected chi connectivity index (χ4v) is 1.11. The molecule has 1 N–H and O–H groups in total. The van der Waals surface area contributed by atoms with Gasteiger partial charge in [0.2, 0.25) is 0 Å². The number of hydrogen-bond acceptors (Lipinski definition) is 4. The van der Waals surface area contributed by atoms with Gasteiger partial charge in [0.05, 0.1) is 6.61 Å². The maximum atomic E-state index is 11.3. The molecule has 94 valence electrons. The second kappa shape index (κ2) is 8.10. The molecule has 0 rings (SSSR count). The third-order valence-corrected chi connectivity index (χ3v) is 1.87. The predicted molar refractivity (Wildman–Crippen MR) is 58.0 cm³/mol. The molecule has 0 aromatic rings. The van der Waals surface area contributed by atoms with Gasteiger partial charge in [0.1, 0.15) is 0 Å². The second-order valence-corrected chi connectivity index (χ2v) is 3.90. The number of carboxylic acids is 1. The highest BCUT2D eigenvalue weighted by Gasteiger charge is 2.27. The Labute approximate surface area is 95.7 Å². The molecule has 0 aliphatic rings. The van der Waals surface area contributed by atoms with E-state index in [4.69, 9.17) is 9.84 Å². The van der Waals surface area contributed by atoms with Crippen molar-refractivity contribution in [3.05, 3.63) is 0 Å². The number of esters is 1. The normalized spacial score (nSPS) is 12.5. The summed E-state index contributed by atoms with van der Waals surface area (Å²) in [6.07, 6.45) is 0.154. The number of carbonyl (C=O) groups excluding carboxylic acids is 1. The van der Waals surface area contributed by atoms with E-state index in [2.05, 4.69) is 4.74 Å². The van der Waals surface area contributed by atoms with Crippen LogP contribution in [0.1, 0.15) is 27.2 Å². The van der Waals surface area contributed by atoms with Gasteiger partial charge in [0.15, 0.2) is 5.92 Å². The Hall–Kier alpha value is -1.10. The van der Waals surface area contributed by atoms with Gasteiger partial charge in [-0.2, -0.15) is 0 Å². The largest absolute Gasteiger partial charge is 0.481 e. The van der Waals surface area contributed by atoms with Crippen molar-refractivity contribution in [2.24, 2.45) is 11.8 Å². The lowest BCUT2D eigenvalue weighted by atomic mass is 10.1. The highest BCUT2D eigenvalue weighted by molar-refractivity contribution is 5.93. The Morgan fingerprint density at radius 1 is 1.31 bits per heavy atom. The molecule has 1 unspecified atom stereocenters. The van der Waals surface area contributed by atoms with Crippen molar-refractivity contribution in [2.45, 2.75) is 27.2 Å². The highest BCUT2D eigenvalue weighted by atomic mass is 16.5. The van der Waals surface area contributed by atoms with Crippen LogP contribution in [0.15, 0.2) is 0 Å². The number of hydrogen-bond donors (Lipinski definition) is 1. The fourth-order valence-electron chi connectivity index (χ4n) is 1.11. The number of ether oxygens (including phenoxy) is 2. The molecular weight excluding hydrogens is 212 g/mol. The van der Waals surface area contributed by atoms with Crippen LogP contribution in [0.5, 0.6) is 0 Å². The molecule has 16 heavy (non-hydrogen) atoms. The van der Waals surface area contributed by atoms with Crippen molar-refractivity contribution in [1.29, 1.82) is 0 Å². The number of aliphatic carboxylic acids is 1. The van der Waals surface area contributed by atoms with Crippen LogP contribution in [0.3, 0.4) is 0 Å². The lowest BCUT2D eigenvalue weighted by Gasteiger charge is -2.12. The molecule has 0 aliphatic carbocycles. The second-order valence-electron chi connectivity index (χ2n) is 3.90. The summed E-state index contributed by atoms with van der Waals surface area (Å²) in [6.45, 7) is 6.66. The summed E-state index contributed by atoms with van der Waals surface area (Å²) in [7, 11) is 0. The van der Waals surface area contributed by atoms with Crippen LogP contribution >= 0.6 is 0 Å². The van der Waals surface area contributed by atoms with E-state index in [0.717, 1.165) is 0 Å². The van der Waals surface area contributed by atoms with E-state index in [9.17, 15) is 9.59 Å². The van der Waals surface area contributed by atoms with E-state index >= 15 is 0 Å². The van der Waals surface area contributed by atoms with Crippen LogP contribution in [-0.4, -0.2) is 36.9 Å². The van der Waals surface area contributed by atoms with Crippen molar-refractivity contribution in [3.8, 4) is 0 Å². The molecule has 0 amide bonds. The van der Waals surface area contributed by atoms with Gasteiger partial charge in [0, 0.05) is 13.2 Å². The van der Waals surface area contributed by atoms with Crippen molar-refractivity contribution in [3.63, 3.8) is 0 Å². The molecular formula is C11H20O5. The molecule has 0 fully saturated rings. The average Bonchev–Trinajstić information content (AvgIpc) is 2.16. The van der Waals surface area contributed by atoms with Gasteiger partial charge < -0.3 is 14.6 Å². The third-order valence-electron chi connectivity index (χ3n) is 1.87. The van der Waals surface area contributed by atoms with Crippen LogP contribution in [0.25, 0.3) is 0 Å². The van der Waals surface area contributed by atoms with E-state index in [1.54, 1.807) is 6.92 Å². The Kier molecular flexibility index (Phi) is 7.54. The van der Waals surface area contributed by atoms with Gasteiger partial charge in [-0.25, -0.2) is 0 Å². The molecule has 0 spiro atoms. The molecule has 0 heterocycles. The molecule has 5 heteroatoms. The first-order valence-corrected chi connectivity index (χ1v) is 5.46. The van der Waals surface area contributed by atoms with Gasteiger partial charge in [0.25, 0.3) is 0 Å². The molecule has 0 radical (unpaired) electrons. The Morgan fingerprint density at radius 3 is 2.38 bits per heavy atom. The third kappa shape index (κ3) is 6.40. The van der Waals surface area contributed by atoms with Crippen LogP contribution in [0, 0.1) is 11.8 Å². The Balaban J connectivity index is 3.95. The predicted octanol–water partition coefficient (Wildman–Crippen LogP) is 1.31. The van der Waals surface area contributed by atoms with Crippen molar-refractivity contribution in [2.75, 3.05) is 19.8 Å². The standard InChI is InChI=1S/C11H20O5/c1-4-16-11(14)9(10(12)13)5-6-15-7-8(2)3/h8-9H,4-7H2,1-3H3,(H,12,13). The van der Waals surface area contributed by atoms with E-state index in [1.165, 1.54) is 0 Å². The lowest BCUT2D eigenvalue weighted by Crippen LogP contribution is -2.27. The quantitative estimate of drug-likeness (QED) is 0.388. The van der Waals surface area contributed by atoms with Gasteiger partial charge >= 0.3 is 11.9 Å². The van der Waals surface area contributed by atoms with Crippen molar-refractivity contribution >= 4 is 11.9 Å². The first-order chi connectivity index (χ1) is 7.49.